The summed E-state index contributed by atoms with van der Waals surface area (Å²) < 4.78 is 0. The van der Waals surface area contributed by atoms with Crippen molar-refractivity contribution in [3.63, 3.8) is 0 Å². The zero-order valence-corrected chi connectivity index (χ0v) is 19.3. The number of carbonyl (C=O) groups is 2. The first-order valence-corrected chi connectivity index (χ1v) is 13.1. The predicted molar refractivity (Wildman–Crippen MR) is 127 cm³/mol. The van der Waals surface area contributed by atoms with E-state index in [1.54, 1.807) is 0 Å². The van der Waals surface area contributed by atoms with E-state index < -0.39 is 0 Å². The maximum Gasteiger partial charge on any atom is 0.256 e. The molecule has 2 amide bonds. The molecule has 2 aliphatic heterocycles. The second-order valence-corrected chi connectivity index (χ2v) is 11.4. The average Bonchev–Trinajstić information content (AvgIpc) is 3.33. The number of benzene rings is 1. The first-order chi connectivity index (χ1) is 15.6. The minimum atomic E-state index is -0.167. The summed E-state index contributed by atoms with van der Waals surface area (Å²) >= 11 is 0. The maximum absolute atomic E-state index is 13.6. The van der Waals surface area contributed by atoms with Crippen LogP contribution in [0.2, 0.25) is 0 Å². The molecule has 0 spiro atoms. The van der Waals surface area contributed by atoms with E-state index in [0.717, 1.165) is 93.0 Å². The molecule has 6 fully saturated rings. The topological polar surface area (TPSA) is 52.7 Å². The lowest BCUT2D eigenvalue weighted by Gasteiger charge is -2.55. The lowest BCUT2D eigenvalue weighted by molar-refractivity contribution is -0.140. The van der Waals surface area contributed by atoms with Crippen molar-refractivity contribution in [3.8, 4) is 0 Å². The minimum absolute atomic E-state index is 0.137. The molecular formula is C27H37N3O2. The number of carbonyl (C=O) groups excluding carboxylic acids is 2. The number of anilines is 2. The van der Waals surface area contributed by atoms with Gasteiger partial charge in [0.15, 0.2) is 0 Å². The third kappa shape index (κ3) is 3.62. The van der Waals surface area contributed by atoms with Crippen LogP contribution in [0.3, 0.4) is 0 Å². The Morgan fingerprint density at radius 1 is 0.812 bits per heavy atom. The SMILES string of the molecule is O=C(c1cc(NC(=O)C23CC4CC(CC(C4)C2)C3)ccc1N1CCCC1)N1CCCCC1. The van der Waals surface area contributed by atoms with Crippen molar-refractivity contribution in [2.24, 2.45) is 23.2 Å². The van der Waals surface area contributed by atoms with Gasteiger partial charge in [-0.05, 0) is 107 Å². The second-order valence-electron chi connectivity index (χ2n) is 11.4. The number of hydrogen-bond acceptors (Lipinski definition) is 3. The average molecular weight is 436 g/mol. The molecule has 2 saturated heterocycles. The number of nitrogens with one attached hydrogen (secondary N) is 1. The van der Waals surface area contributed by atoms with E-state index in [2.05, 4.69) is 16.3 Å². The molecular weight excluding hydrogens is 398 g/mol. The quantitative estimate of drug-likeness (QED) is 0.719. The fourth-order valence-electron chi connectivity index (χ4n) is 7.94. The van der Waals surface area contributed by atoms with Crippen LogP contribution >= 0.6 is 0 Å². The van der Waals surface area contributed by atoms with Gasteiger partial charge in [-0.15, -0.1) is 0 Å². The van der Waals surface area contributed by atoms with Crippen LogP contribution in [0, 0.1) is 23.2 Å². The normalized spacial score (nSPS) is 33.6. The molecule has 0 aromatic heterocycles. The van der Waals surface area contributed by atoms with Crippen LogP contribution in [0.1, 0.15) is 81.0 Å². The van der Waals surface area contributed by atoms with Crippen LogP contribution in [0.25, 0.3) is 0 Å². The van der Waals surface area contributed by atoms with Crippen molar-refractivity contribution < 1.29 is 9.59 Å². The highest BCUT2D eigenvalue weighted by Crippen LogP contribution is 2.60. The van der Waals surface area contributed by atoms with Crippen molar-refractivity contribution >= 4 is 23.2 Å². The second kappa shape index (κ2) is 8.07. The van der Waals surface area contributed by atoms with Crippen molar-refractivity contribution in [2.45, 2.75) is 70.6 Å². The fraction of sp³-hybridized carbons (Fsp3) is 0.704. The van der Waals surface area contributed by atoms with Gasteiger partial charge in [-0.1, -0.05) is 0 Å². The zero-order chi connectivity index (χ0) is 21.7. The number of piperidine rings is 1. The lowest BCUT2D eigenvalue weighted by Crippen LogP contribution is -2.51. The molecule has 1 aromatic carbocycles. The zero-order valence-electron chi connectivity index (χ0n) is 19.3. The maximum atomic E-state index is 13.6. The molecule has 172 valence electrons. The molecule has 32 heavy (non-hydrogen) atoms. The van der Waals surface area contributed by atoms with E-state index in [1.165, 1.54) is 38.5 Å². The minimum Gasteiger partial charge on any atom is -0.371 e. The summed E-state index contributed by atoms with van der Waals surface area (Å²) in [7, 11) is 0. The molecule has 5 heteroatoms. The third-order valence-electron chi connectivity index (χ3n) is 9.09. The fourth-order valence-corrected chi connectivity index (χ4v) is 7.94. The Bertz CT molecular complexity index is 863. The molecule has 4 aliphatic carbocycles. The number of hydrogen-bond donors (Lipinski definition) is 1. The molecule has 1 aromatic rings. The molecule has 1 N–H and O–H groups in total. The number of nitrogens with zero attached hydrogens (tertiary/aromatic N) is 2. The van der Waals surface area contributed by atoms with Crippen molar-refractivity contribution in [1.29, 1.82) is 0 Å². The molecule has 7 rings (SSSR count). The Labute approximate surface area is 191 Å². The van der Waals surface area contributed by atoms with Gasteiger partial charge in [0.1, 0.15) is 0 Å². The van der Waals surface area contributed by atoms with Crippen LogP contribution in [-0.4, -0.2) is 42.9 Å². The standard InChI is InChI=1S/C27H37N3O2/c31-25(30-10-2-1-3-11-30)23-15-22(6-7-24(23)29-8-4-5-9-29)28-26(32)27-16-19-12-20(17-27)14-21(13-19)18-27/h6-7,15,19-21H,1-5,8-14,16-18H2,(H,28,32). The Balaban J connectivity index is 1.26. The summed E-state index contributed by atoms with van der Waals surface area (Å²) in [5.41, 5.74) is 2.46. The summed E-state index contributed by atoms with van der Waals surface area (Å²) in [6.45, 7) is 3.72. The Morgan fingerprint density at radius 3 is 2.03 bits per heavy atom. The van der Waals surface area contributed by atoms with E-state index >= 15 is 0 Å². The van der Waals surface area contributed by atoms with Crippen LogP contribution in [0.4, 0.5) is 11.4 Å². The third-order valence-corrected chi connectivity index (χ3v) is 9.09. The van der Waals surface area contributed by atoms with Gasteiger partial charge in [-0.3, -0.25) is 9.59 Å². The van der Waals surface area contributed by atoms with Crippen LogP contribution in [0.5, 0.6) is 0 Å². The van der Waals surface area contributed by atoms with Gasteiger partial charge >= 0.3 is 0 Å². The Kier molecular flexibility index (Phi) is 5.19. The first-order valence-electron chi connectivity index (χ1n) is 13.1. The molecule has 6 aliphatic rings. The van der Waals surface area contributed by atoms with Gasteiger partial charge in [-0.25, -0.2) is 0 Å². The molecule has 0 radical (unpaired) electrons. The summed E-state index contributed by atoms with van der Waals surface area (Å²) in [5.74, 6) is 2.60. The van der Waals surface area contributed by atoms with Crippen LogP contribution in [-0.2, 0) is 4.79 Å². The van der Waals surface area contributed by atoms with Crippen molar-refractivity contribution in [2.75, 3.05) is 36.4 Å². The summed E-state index contributed by atoms with van der Waals surface area (Å²) in [5, 5.41) is 3.29. The summed E-state index contributed by atoms with van der Waals surface area (Å²) in [6.07, 6.45) is 13.0. The molecule has 2 heterocycles. The number of likely N-dealkylation sites (tertiary alicyclic amines) is 1. The largest absolute Gasteiger partial charge is 0.371 e. The molecule has 4 saturated carbocycles. The monoisotopic (exact) mass is 435 g/mol. The first kappa shape index (κ1) is 20.6. The Morgan fingerprint density at radius 2 is 1.41 bits per heavy atom. The lowest BCUT2D eigenvalue weighted by atomic mass is 9.49. The van der Waals surface area contributed by atoms with E-state index in [9.17, 15) is 9.59 Å². The van der Waals surface area contributed by atoms with Gasteiger partial charge in [0.05, 0.1) is 11.0 Å². The highest BCUT2D eigenvalue weighted by molar-refractivity contribution is 6.03. The van der Waals surface area contributed by atoms with E-state index in [1.807, 2.05) is 17.0 Å². The molecule has 5 nitrogen and oxygen atoms in total. The van der Waals surface area contributed by atoms with Gasteiger partial charge in [0.25, 0.3) is 5.91 Å². The van der Waals surface area contributed by atoms with Crippen molar-refractivity contribution in [3.05, 3.63) is 23.8 Å². The van der Waals surface area contributed by atoms with Gasteiger partial charge in [-0.2, -0.15) is 0 Å². The van der Waals surface area contributed by atoms with Crippen molar-refractivity contribution in [1.82, 2.24) is 4.90 Å². The number of amides is 2. The summed E-state index contributed by atoms with van der Waals surface area (Å²) in [6, 6.07) is 6.08. The van der Waals surface area contributed by atoms with Gasteiger partial charge < -0.3 is 15.1 Å². The predicted octanol–water partition coefficient (Wildman–Crippen LogP) is 5.07. The van der Waals surface area contributed by atoms with Gasteiger partial charge in [0, 0.05) is 37.6 Å². The smallest absolute Gasteiger partial charge is 0.256 e. The summed E-state index contributed by atoms with van der Waals surface area (Å²) in [4.78, 5) is 31.5. The highest BCUT2D eigenvalue weighted by atomic mass is 16.2. The van der Waals surface area contributed by atoms with Crippen LogP contribution < -0.4 is 10.2 Å². The molecule has 0 unspecified atom stereocenters. The van der Waals surface area contributed by atoms with Gasteiger partial charge in [0.2, 0.25) is 5.91 Å². The van der Waals surface area contributed by atoms with E-state index in [0.29, 0.717) is 0 Å². The molecule has 0 atom stereocenters. The highest BCUT2D eigenvalue weighted by Gasteiger charge is 2.54. The van der Waals surface area contributed by atoms with Crippen LogP contribution in [0.15, 0.2) is 18.2 Å². The molecule has 4 bridgehead atoms. The van der Waals surface area contributed by atoms with E-state index in [4.69, 9.17) is 0 Å². The Hall–Kier alpha value is -2.04. The number of rotatable bonds is 4. The van der Waals surface area contributed by atoms with E-state index in [-0.39, 0.29) is 17.2 Å².